The third-order valence-corrected chi connectivity index (χ3v) is 11.1. The van der Waals surface area contributed by atoms with Crippen molar-refractivity contribution >= 4 is 95.0 Å². The molecule has 0 bridgehead atoms. The third-order valence-electron chi connectivity index (χ3n) is 10.1. The van der Waals surface area contributed by atoms with E-state index in [0.717, 1.165) is 37.0 Å². The summed E-state index contributed by atoms with van der Waals surface area (Å²) < 4.78 is 7.48. The minimum Gasteiger partial charge on any atom is -0.460 e. The Hall–Kier alpha value is -6.51. The number of hydrogen-bond acceptors (Lipinski definition) is 10. The van der Waals surface area contributed by atoms with E-state index in [1.54, 1.807) is 6.92 Å². The smallest absolute Gasteiger partial charge is 0.319 e. The predicted molar refractivity (Wildman–Crippen MR) is 229 cm³/mol. The lowest BCUT2D eigenvalue weighted by molar-refractivity contribution is -0.165. The Bertz CT molecular complexity index is 2540. The number of hydrogen-bond donors (Lipinski definition) is 4. The molecule has 4 heterocycles. The first-order valence-corrected chi connectivity index (χ1v) is 19.8. The lowest BCUT2D eigenvalue weighted by Crippen LogP contribution is -2.38. The highest BCUT2D eigenvalue weighted by Gasteiger charge is 2.40. The number of nitrogens with zero attached hydrogens (tertiary/aromatic N) is 2. The van der Waals surface area contributed by atoms with Crippen LogP contribution in [0, 0.1) is 5.41 Å². The molecule has 5 aromatic rings. The number of ether oxygens (including phenoxy) is 1. The molecule has 12 nitrogen and oxygen atoms in total. The minimum atomic E-state index is -1.44. The molecule has 0 spiro atoms. The Kier molecular flexibility index (Phi) is 9.66. The topological polar surface area (TPSA) is 152 Å². The minimum absolute atomic E-state index is 0.0225. The van der Waals surface area contributed by atoms with Crippen molar-refractivity contribution in [1.82, 2.24) is 0 Å². The number of halogens is 2. The number of amides is 2. The van der Waals surface area contributed by atoms with Gasteiger partial charge in [-0.1, -0.05) is 121 Å². The molecule has 14 heteroatoms. The van der Waals surface area contributed by atoms with Crippen LogP contribution < -0.4 is 21.3 Å². The zero-order chi connectivity index (χ0) is 40.0. The Morgan fingerprint density at radius 1 is 0.586 bits per heavy atom. The van der Waals surface area contributed by atoms with E-state index < -0.39 is 11.4 Å². The molecule has 5 aromatic carbocycles. The molecule has 0 aliphatic carbocycles. The number of anilines is 4. The highest BCUT2D eigenvalue weighted by Crippen LogP contribution is 2.42. The van der Waals surface area contributed by atoms with Gasteiger partial charge in [0.05, 0.1) is 33.9 Å². The molecule has 4 aliphatic heterocycles. The van der Waals surface area contributed by atoms with E-state index in [0.29, 0.717) is 56.5 Å². The number of rotatable bonds is 9. The van der Waals surface area contributed by atoms with Crippen molar-refractivity contribution in [3.63, 3.8) is 0 Å². The molecular formula is C44H32Br2N6O6. The van der Waals surface area contributed by atoms with Crippen molar-refractivity contribution in [2.75, 3.05) is 34.5 Å². The Labute approximate surface area is 349 Å². The summed E-state index contributed by atoms with van der Waals surface area (Å²) in [6.45, 7) is 1.12. The molecule has 0 aromatic heterocycles. The predicted octanol–water partition coefficient (Wildman–Crippen LogP) is 8.68. The second-order valence-corrected chi connectivity index (χ2v) is 16.0. The standard InChI is InChI=1S/C44H32Br2N6O6/c1-44(43(55)56-21-24-9-3-2-4-10-24,22-57-51-37-29-11-5-7-13-31(29)47-39(37)35-27-17-15-25(45)19-33(27)49-41(35)53)23-58-52-38-30-12-6-8-14-32(30)48-40(38)36-28-18-16-26(46)20-34(28)50-42(36)54/h2-20,47-48H,21-23H2,1H3,(H,49,53)(H,50,54)/b39-35-,40-36-,51-37-,52-38+. The zero-order valence-electron chi connectivity index (χ0n) is 30.7. The van der Waals surface area contributed by atoms with Crippen molar-refractivity contribution in [2.24, 2.45) is 15.7 Å². The molecule has 4 aliphatic rings. The number of allylic oxidation sites excluding steroid dienone is 2. The van der Waals surface area contributed by atoms with E-state index >= 15 is 0 Å². The summed E-state index contributed by atoms with van der Waals surface area (Å²) in [6.07, 6.45) is 0. The van der Waals surface area contributed by atoms with Crippen LogP contribution in [-0.2, 0) is 35.4 Å². The summed E-state index contributed by atoms with van der Waals surface area (Å²) in [5.74, 6) is -1.18. The van der Waals surface area contributed by atoms with Crippen molar-refractivity contribution in [2.45, 2.75) is 13.5 Å². The van der Waals surface area contributed by atoms with Gasteiger partial charge < -0.3 is 35.7 Å². The Morgan fingerprint density at radius 3 is 1.55 bits per heavy atom. The summed E-state index contributed by atoms with van der Waals surface area (Å²) >= 11 is 6.96. The van der Waals surface area contributed by atoms with Crippen molar-refractivity contribution in [1.29, 1.82) is 0 Å². The average Bonchev–Trinajstić information content (AvgIpc) is 3.95. The van der Waals surface area contributed by atoms with E-state index in [1.165, 1.54) is 0 Å². The molecule has 0 radical (unpaired) electrons. The molecule has 9 rings (SSSR count). The summed E-state index contributed by atoms with van der Waals surface area (Å²) in [5, 5.41) is 21.7. The van der Waals surface area contributed by atoms with Crippen molar-refractivity contribution in [3.05, 3.63) is 163 Å². The number of nitrogens with one attached hydrogen (secondary N) is 4. The van der Waals surface area contributed by atoms with Crippen LogP contribution in [0.1, 0.15) is 34.7 Å². The van der Waals surface area contributed by atoms with Gasteiger partial charge in [0, 0.05) is 42.6 Å². The van der Waals surface area contributed by atoms with E-state index in [2.05, 4.69) is 63.4 Å². The molecule has 4 N–H and O–H groups in total. The maximum Gasteiger partial charge on any atom is 0.319 e. The fraction of sp³-hybridized carbons (Fsp3) is 0.114. The number of benzene rings is 5. The fourth-order valence-corrected chi connectivity index (χ4v) is 7.85. The first-order chi connectivity index (χ1) is 28.2. The van der Waals surface area contributed by atoms with Gasteiger partial charge in [0.25, 0.3) is 11.8 Å². The van der Waals surface area contributed by atoms with Crippen LogP contribution in [-0.4, -0.2) is 42.4 Å². The quantitative estimate of drug-likeness (QED) is 0.0652. The van der Waals surface area contributed by atoms with Gasteiger partial charge in [-0.15, -0.1) is 0 Å². The number of esters is 1. The molecule has 288 valence electrons. The highest BCUT2D eigenvalue weighted by atomic mass is 79.9. The van der Waals surface area contributed by atoms with Crippen LogP contribution in [0.25, 0.3) is 11.1 Å². The summed E-state index contributed by atoms with van der Waals surface area (Å²) in [7, 11) is 0. The van der Waals surface area contributed by atoms with E-state index in [9.17, 15) is 14.4 Å². The van der Waals surface area contributed by atoms with Crippen LogP contribution >= 0.6 is 31.9 Å². The lowest BCUT2D eigenvalue weighted by atomic mass is 9.93. The van der Waals surface area contributed by atoms with Crippen LogP contribution in [0.2, 0.25) is 0 Å². The van der Waals surface area contributed by atoms with Crippen LogP contribution in [0.5, 0.6) is 0 Å². The van der Waals surface area contributed by atoms with Gasteiger partial charge in [0.1, 0.15) is 36.7 Å². The van der Waals surface area contributed by atoms with Crippen molar-refractivity contribution < 1.29 is 28.8 Å². The Morgan fingerprint density at radius 2 is 1.05 bits per heavy atom. The van der Waals surface area contributed by atoms with Crippen molar-refractivity contribution in [3.8, 4) is 0 Å². The summed E-state index contributed by atoms with van der Waals surface area (Å²) in [6, 6.07) is 35.5. The zero-order valence-corrected chi connectivity index (χ0v) is 33.9. The van der Waals surface area contributed by atoms with E-state index in [1.807, 2.05) is 115 Å². The molecular weight excluding hydrogens is 868 g/mol. The largest absolute Gasteiger partial charge is 0.460 e. The molecule has 0 saturated carbocycles. The summed E-state index contributed by atoms with van der Waals surface area (Å²) in [5.41, 5.74) is 7.59. The van der Waals surface area contributed by atoms with E-state index in [4.69, 9.17) is 14.4 Å². The number of fused-ring (bicyclic) bond motifs is 4. The highest BCUT2D eigenvalue weighted by molar-refractivity contribution is 9.10. The maximum atomic E-state index is 14.0. The maximum absolute atomic E-state index is 14.0. The molecule has 1 atom stereocenters. The van der Waals surface area contributed by atoms with Crippen LogP contribution in [0.4, 0.5) is 22.7 Å². The first kappa shape index (κ1) is 37.1. The van der Waals surface area contributed by atoms with Crippen LogP contribution in [0.3, 0.4) is 0 Å². The SMILES string of the molecule is CC(CO/N=C1\C(=C2\C(=O)Nc3cc(Br)ccc32)Nc2ccccc21)(CO/N=C1/C(=C2/C(=O)Nc3cc(Br)ccc32)Nc2ccccc21)C(=O)OCc1ccccc1. The van der Waals surface area contributed by atoms with Gasteiger partial charge >= 0.3 is 5.97 Å². The molecule has 1 unspecified atom stereocenters. The van der Waals surface area contributed by atoms with Gasteiger partial charge in [-0.3, -0.25) is 14.4 Å². The van der Waals surface area contributed by atoms with E-state index in [-0.39, 0.29) is 31.6 Å². The molecule has 0 fully saturated rings. The van der Waals surface area contributed by atoms with Gasteiger partial charge in [0.2, 0.25) is 0 Å². The second-order valence-electron chi connectivity index (χ2n) is 14.2. The normalized spacial score (nSPS) is 19.6. The first-order valence-electron chi connectivity index (χ1n) is 18.2. The Balaban J connectivity index is 1.04. The third kappa shape index (κ3) is 6.83. The number of carbonyl (C=O) groups is 3. The van der Waals surface area contributed by atoms with Crippen LogP contribution in [0.15, 0.2) is 146 Å². The molecule has 58 heavy (non-hydrogen) atoms. The molecule has 2 amide bonds. The number of oxime groups is 2. The lowest BCUT2D eigenvalue weighted by Gasteiger charge is -2.24. The monoisotopic (exact) mass is 898 g/mol. The van der Waals surface area contributed by atoms with Gasteiger partial charge in [-0.2, -0.15) is 0 Å². The molecule has 0 saturated heterocycles. The number of para-hydroxylation sites is 2. The average molecular weight is 901 g/mol. The van der Waals surface area contributed by atoms with Gasteiger partial charge in [-0.05, 0) is 48.9 Å². The van der Waals surface area contributed by atoms with Gasteiger partial charge in [-0.25, -0.2) is 0 Å². The van der Waals surface area contributed by atoms with Gasteiger partial charge in [0.15, 0.2) is 0 Å². The number of carbonyl (C=O) groups excluding carboxylic acids is 3. The summed E-state index contributed by atoms with van der Waals surface area (Å²) in [4.78, 5) is 52.9. The fourth-order valence-electron chi connectivity index (χ4n) is 7.13. The second kappa shape index (κ2) is 15.1.